The maximum atomic E-state index is 11.9. The zero-order valence-corrected chi connectivity index (χ0v) is 18.3. The van der Waals surface area contributed by atoms with Crippen molar-refractivity contribution in [2.24, 2.45) is 0 Å². The van der Waals surface area contributed by atoms with E-state index in [1.807, 2.05) is 60.7 Å². The monoisotopic (exact) mass is 441 g/mol. The molecule has 1 saturated heterocycles. The van der Waals surface area contributed by atoms with Crippen LogP contribution in [-0.2, 0) is 37.0 Å². The molecule has 3 rings (SSSR count). The Hall–Kier alpha value is -2.55. The molecule has 7 nitrogen and oxygen atoms in total. The van der Waals surface area contributed by atoms with Crippen LogP contribution in [0.15, 0.2) is 73.3 Å². The molecule has 0 aliphatic carbocycles. The predicted molar refractivity (Wildman–Crippen MR) is 120 cm³/mol. The second kappa shape index (κ2) is 12.5. The summed E-state index contributed by atoms with van der Waals surface area (Å²) in [6.45, 7) is 6.09. The number of aliphatic hydroxyl groups excluding tert-OH is 1. The molecule has 1 unspecified atom stereocenters. The van der Waals surface area contributed by atoms with Gasteiger partial charge in [0, 0.05) is 6.92 Å². The van der Waals surface area contributed by atoms with Crippen LogP contribution >= 0.6 is 0 Å². The molecule has 2 N–H and O–H groups in total. The number of carbonyl (C=O) groups excluding carboxylic acids is 1. The molecule has 7 heteroatoms. The minimum absolute atomic E-state index is 0.141. The summed E-state index contributed by atoms with van der Waals surface area (Å²) in [6, 6.07) is 18.7. The minimum Gasteiger partial charge on any atom is -0.388 e. The Labute approximate surface area is 188 Å². The van der Waals surface area contributed by atoms with Crippen molar-refractivity contribution in [2.45, 2.75) is 50.8 Å². The van der Waals surface area contributed by atoms with E-state index in [-0.39, 0.29) is 25.7 Å². The maximum absolute atomic E-state index is 11.9. The Morgan fingerprint density at radius 3 is 2.28 bits per heavy atom. The Kier molecular flexibility index (Phi) is 9.40. The van der Waals surface area contributed by atoms with Gasteiger partial charge in [0.05, 0.1) is 26.4 Å². The lowest BCUT2D eigenvalue weighted by Gasteiger charge is -2.44. The third kappa shape index (κ3) is 6.98. The SMILES string of the molecule is C=CCO[C@@H]1[C@@H](NC(C)=O)[C@@H](OCc2ccccc2)OC(COCc2ccccc2)[C@H]1O. The van der Waals surface area contributed by atoms with Gasteiger partial charge in [0.1, 0.15) is 24.4 Å². The molecule has 1 amide bonds. The van der Waals surface area contributed by atoms with Crippen LogP contribution in [0.5, 0.6) is 0 Å². The highest BCUT2D eigenvalue weighted by atomic mass is 16.7. The second-order valence-electron chi connectivity index (χ2n) is 7.64. The number of benzene rings is 2. The number of nitrogens with one attached hydrogen (secondary N) is 1. The van der Waals surface area contributed by atoms with E-state index in [0.29, 0.717) is 6.61 Å². The number of hydrogen-bond donors (Lipinski definition) is 2. The van der Waals surface area contributed by atoms with Crippen LogP contribution in [0.2, 0.25) is 0 Å². The Balaban J connectivity index is 1.71. The lowest BCUT2D eigenvalue weighted by molar-refractivity contribution is -0.281. The number of amides is 1. The highest BCUT2D eigenvalue weighted by Crippen LogP contribution is 2.26. The third-order valence-electron chi connectivity index (χ3n) is 5.10. The van der Waals surface area contributed by atoms with Gasteiger partial charge in [0.15, 0.2) is 6.29 Å². The van der Waals surface area contributed by atoms with Crippen molar-refractivity contribution in [1.82, 2.24) is 5.32 Å². The topological polar surface area (TPSA) is 86.3 Å². The molecule has 2 aromatic rings. The van der Waals surface area contributed by atoms with Crippen LogP contribution < -0.4 is 5.32 Å². The molecule has 2 aromatic carbocycles. The lowest BCUT2D eigenvalue weighted by Crippen LogP contribution is -2.65. The summed E-state index contributed by atoms with van der Waals surface area (Å²) in [5.41, 5.74) is 1.98. The van der Waals surface area contributed by atoms with E-state index in [1.165, 1.54) is 6.92 Å². The van der Waals surface area contributed by atoms with Gasteiger partial charge in [-0.3, -0.25) is 4.79 Å². The molecule has 5 atom stereocenters. The van der Waals surface area contributed by atoms with Crippen LogP contribution in [0, 0.1) is 0 Å². The highest BCUT2D eigenvalue weighted by Gasteiger charge is 2.47. The van der Waals surface area contributed by atoms with Crippen LogP contribution in [0.1, 0.15) is 18.1 Å². The quantitative estimate of drug-likeness (QED) is 0.522. The van der Waals surface area contributed by atoms with Gasteiger partial charge >= 0.3 is 0 Å². The summed E-state index contributed by atoms with van der Waals surface area (Å²) in [6.07, 6.45) is -1.72. The zero-order valence-electron chi connectivity index (χ0n) is 18.3. The summed E-state index contributed by atoms with van der Waals surface area (Å²) < 4.78 is 23.7. The molecule has 1 aliphatic heterocycles. The van der Waals surface area contributed by atoms with Crippen LogP contribution in [0.3, 0.4) is 0 Å². The van der Waals surface area contributed by atoms with Crippen molar-refractivity contribution in [3.05, 3.63) is 84.4 Å². The van der Waals surface area contributed by atoms with Gasteiger partial charge < -0.3 is 29.4 Å². The van der Waals surface area contributed by atoms with Gasteiger partial charge in [-0.1, -0.05) is 66.7 Å². The highest BCUT2D eigenvalue weighted by molar-refractivity contribution is 5.73. The molecule has 0 spiro atoms. The molecule has 0 saturated carbocycles. The van der Waals surface area contributed by atoms with Gasteiger partial charge in [-0.15, -0.1) is 6.58 Å². The van der Waals surface area contributed by atoms with Gasteiger partial charge in [-0.05, 0) is 11.1 Å². The van der Waals surface area contributed by atoms with E-state index in [0.717, 1.165) is 11.1 Å². The van der Waals surface area contributed by atoms with Gasteiger partial charge in [0.25, 0.3) is 0 Å². The van der Waals surface area contributed by atoms with E-state index in [4.69, 9.17) is 18.9 Å². The molecule has 0 aromatic heterocycles. The first kappa shape index (κ1) is 24.1. The van der Waals surface area contributed by atoms with Gasteiger partial charge in [0.2, 0.25) is 5.91 Å². The first-order valence-corrected chi connectivity index (χ1v) is 10.7. The van der Waals surface area contributed by atoms with Crippen LogP contribution in [0.4, 0.5) is 0 Å². The summed E-state index contributed by atoms with van der Waals surface area (Å²) in [5.74, 6) is -0.273. The van der Waals surface area contributed by atoms with Crippen molar-refractivity contribution in [3.8, 4) is 0 Å². The van der Waals surface area contributed by atoms with Crippen molar-refractivity contribution in [3.63, 3.8) is 0 Å². The van der Waals surface area contributed by atoms with Crippen molar-refractivity contribution in [1.29, 1.82) is 0 Å². The standard InChI is InChI=1S/C25H31NO6/c1-3-14-30-24-22(26-18(2)27)25(31-16-20-12-8-5-9-13-20)32-21(23(24)28)17-29-15-19-10-6-4-7-11-19/h3-13,21-25,28H,1,14-17H2,2H3,(H,26,27)/t21?,22-,23-,24-,25+/m1/s1. The minimum atomic E-state index is -1.03. The normalized spacial score (nSPS) is 25.2. The first-order chi connectivity index (χ1) is 15.6. The molecule has 0 bridgehead atoms. The van der Waals surface area contributed by atoms with Crippen molar-refractivity contribution < 1.29 is 28.8 Å². The van der Waals surface area contributed by atoms with E-state index in [2.05, 4.69) is 11.9 Å². The zero-order chi connectivity index (χ0) is 22.8. The number of ether oxygens (including phenoxy) is 4. The number of aliphatic hydroxyl groups is 1. The fourth-order valence-corrected chi connectivity index (χ4v) is 3.58. The molecule has 172 valence electrons. The van der Waals surface area contributed by atoms with E-state index < -0.39 is 30.6 Å². The lowest BCUT2D eigenvalue weighted by atomic mass is 9.96. The Morgan fingerprint density at radius 2 is 1.69 bits per heavy atom. The molecule has 1 aliphatic rings. The average molecular weight is 442 g/mol. The average Bonchev–Trinajstić information content (AvgIpc) is 2.80. The van der Waals surface area contributed by atoms with Crippen LogP contribution in [0.25, 0.3) is 0 Å². The summed E-state index contributed by atoms with van der Waals surface area (Å²) in [4.78, 5) is 11.9. The van der Waals surface area contributed by atoms with E-state index in [9.17, 15) is 9.90 Å². The summed E-state index contributed by atoms with van der Waals surface area (Å²) >= 11 is 0. The van der Waals surface area contributed by atoms with E-state index >= 15 is 0 Å². The fraction of sp³-hybridized carbons (Fsp3) is 0.400. The summed E-state index contributed by atoms with van der Waals surface area (Å²) in [7, 11) is 0. The number of rotatable bonds is 11. The Bertz CT molecular complexity index is 831. The summed E-state index contributed by atoms with van der Waals surface area (Å²) in [5, 5.41) is 13.8. The van der Waals surface area contributed by atoms with Crippen molar-refractivity contribution >= 4 is 5.91 Å². The molecule has 32 heavy (non-hydrogen) atoms. The molecule has 1 fully saturated rings. The van der Waals surface area contributed by atoms with Gasteiger partial charge in [-0.2, -0.15) is 0 Å². The maximum Gasteiger partial charge on any atom is 0.217 e. The predicted octanol–water partition coefficient (Wildman–Crippen LogP) is 2.58. The fourth-order valence-electron chi connectivity index (χ4n) is 3.58. The molecule has 0 radical (unpaired) electrons. The molecule has 1 heterocycles. The molecular weight excluding hydrogens is 410 g/mol. The first-order valence-electron chi connectivity index (χ1n) is 10.7. The third-order valence-corrected chi connectivity index (χ3v) is 5.10. The largest absolute Gasteiger partial charge is 0.388 e. The van der Waals surface area contributed by atoms with E-state index in [1.54, 1.807) is 6.08 Å². The van der Waals surface area contributed by atoms with Crippen LogP contribution in [-0.4, -0.2) is 54.9 Å². The molecular formula is C25H31NO6. The smallest absolute Gasteiger partial charge is 0.217 e. The number of hydrogen-bond acceptors (Lipinski definition) is 6. The second-order valence-corrected chi connectivity index (χ2v) is 7.64. The number of carbonyl (C=O) groups is 1. The van der Waals surface area contributed by atoms with Crippen molar-refractivity contribution in [2.75, 3.05) is 13.2 Å². The Morgan fingerprint density at radius 1 is 1.06 bits per heavy atom. The van der Waals surface area contributed by atoms with Gasteiger partial charge in [-0.25, -0.2) is 0 Å².